The molecule has 80 valence electrons. The third-order valence-corrected chi connectivity index (χ3v) is 2.93. The highest BCUT2D eigenvalue weighted by atomic mass is 35.5. The van der Waals surface area contributed by atoms with Crippen LogP contribution >= 0.6 is 23.2 Å². The summed E-state index contributed by atoms with van der Waals surface area (Å²) in [5, 5.41) is 1.11. The van der Waals surface area contributed by atoms with Gasteiger partial charge in [0.05, 0.1) is 5.02 Å². The summed E-state index contributed by atoms with van der Waals surface area (Å²) in [6.07, 6.45) is 1.79. The molecule has 0 heterocycles. The quantitative estimate of drug-likeness (QED) is 0.797. The Balaban J connectivity index is 2.10. The predicted molar refractivity (Wildman–Crippen MR) is 59.7 cm³/mol. The van der Waals surface area contributed by atoms with Crippen molar-refractivity contribution in [1.29, 1.82) is 0 Å². The van der Waals surface area contributed by atoms with Crippen molar-refractivity contribution in [2.24, 2.45) is 0 Å². The number of hydrogen-bond acceptors (Lipinski definition) is 2. The number of ketones is 1. The zero-order valence-corrected chi connectivity index (χ0v) is 9.52. The molecule has 2 rings (SSSR count). The van der Waals surface area contributed by atoms with Gasteiger partial charge in [-0.3, -0.25) is 4.79 Å². The highest BCUT2D eigenvalue weighted by molar-refractivity contribution is 6.34. The second-order valence-corrected chi connectivity index (χ2v) is 4.44. The van der Waals surface area contributed by atoms with Crippen LogP contribution in [0.15, 0.2) is 18.2 Å². The van der Waals surface area contributed by atoms with Crippen LogP contribution in [0.3, 0.4) is 0 Å². The Morgan fingerprint density at radius 1 is 1.33 bits per heavy atom. The van der Waals surface area contributed by atoms with Crippen LogP contribution in [-0.2, 0) is 4.79 Å². The molecule has 4 heteroatoms. The van der Waals surface area contributed by atoms with E-state index in [0.717, 1.165) is 6.42 Å². The van der Waals surface area contributed by atoms with E-state index in [4.69, 9.17) is 27.9 Å². The molecule has 1 aliphatic carbocycles. The average Bonchev–Trinajstić information content (AvgIpc) is 2.58. The summed E-state index contributed by atoms with van der Waals surface area (Å²) in [6.45, 7) is 0. The number of Topliss-reactive ketones (excluding diaryl/α,β-unsaturated/α-hetero) is 1. The molecule has 0 radical (unpaired) electrons. The van der Waals surface area contributed by atoms with Gasteiger partial charge in [0.1, 0.15) is 17.6 Å². The lowest BCUT2D eigenvalue weighted by Crippen LogP contribution is -2.12. The molecule has 0 saturated heterocycles. The van der Waals surface area contributed by atoms with E-state index >= 15 is 0 Å². The smallest absolute Gasteiger partial charge is 0.139 e. The molecule has 1 aromatic carbocycles. The zero-order chi connectivity index (χ0) is 10.8. The second-order valence-electron chi connectivity index (χ2n) is 3.60. The summed E-state index contributed by atoms with van der Waals surface area (Å²) in [7, 11) is 0. The fraction of sp³-hybridized carbons (Fsp3) is 0.364. The fourth-order valence-corrected chi connectivity index (χ4v) is 1.95. The van der Waals surface area contributed by atoms with Crippen LogP contribution < -0.4 is 4.74 Å². The molecule has 0 aromatic heterocycles. The Hall–Kier alpha value is -0.730. The molecule has 0 amide bonds. The van der Waals surface area contributed by atoms with Gasteiger partial charge in [0, 0.05) is 23.9 Å². The van der Waals surface area contributed by atoms with E-state index in [-0.39, 0.29) is 11.9 Å². The van der Waals surface area contributed by atoms with E-state index in [2.05, 4.69) is 0 Å². The summed E-state index contributed by atoms with van der Waals surface area (Å²) >= 11 is 11.8. The van der Waals surface area contributed by atoms with Gasteiger partial charge < -0.3 is 4.74 Å². The maximum Gasteiger partial charge on any atom is 0.139 e. The molecule has 1 aliphatic rings. The first-order chi connectivity index (χ1) is 7.15. The van der Waals surface area contributed by atoms with Gasteiger partial charge in [-0.2, -0.15) is 0 Å². The molecule has 2 nitrogen and oxygen atoms in total. The number of carbonyl (C=O) groups is 1. The van der Waals surface area contributed by atoms with Crippen molar-refractivity contribution in [3.63, 3.8) is 0 Å². The summed E-state index contributed by atoms with van der Waals surface area (Å²) < 4.78 is 5.62. The maximum absolute atomic E-state index is 11.1. The molecule has 0 spiro atoms. The van der Waals surface area contributed by atoms with E-state index in [1.165, 1.54) is 0 Å². The maximum atomic E-state index is 11.1. The molecule has 0 aliphatic heterocycles. The van der Waals surface area contributed by atoms with Crippen LogP contribution in [0, 0.1) is 0 Å². The Bertz CT molecular complexity index is 390. The molecule has 0 bridgehead atoms. The highest BCUT2D eigenvalue weighted by Gasteiger charge is 2.24. The normalized spacial score (nSPS) is 20.7. The summed E-state index contributed by atoms with van der Waals surface area (Å²) in [6, 6.07) is 5.07. The van der Waals surface area contributed by atoms with Gasteiger partial charge >= 0.3 is 0 Å². The predicted octanol–water partition coefficient (Wildman–Crippen LogP) is 3.49. The van der Waals surface area contributed by atoms with Gasteiger partial charge in [-0.15, -0.1) is 0 Å². The minimum atomic E-state index is -0.0477. The number of halogens is 2. The zero-order valence-electron chi connectivity index (χ0n) is 8.00. The lowest BCUT2D eigenvalue weighted by Gasteiger charge is -2.13. The number of benzene rings is 1. The fourth-order valence-electron chi connectivity index (χ4n) is 1.63. The first-order valence-corrected chi connectivity index (χ1v) is 5.54. The first-order valence-electron chi connectivity index (χ1n) is 4.78. The van der Waals surface area contributed by atoms with Crippen molar-refractivity contribution >= 4 is 29.0 Å². The van der Waals surface area contributed by atoms with Crippen LogP contribution in [0.1, 0.15) is 19.3 Å². The van der Waals surface area contributed by atoms with Crippen LogP contribution in [0.25, 0.3) is 0 Å². The Labute approximate surface area is 98.1 Å². The molecule has 1 unspecified atom stereocenters. The van der Waals surface area contributed by atoms with E-state index in [1.807, 2.05) is 0 Å². The lowest BCUT2D eigenvalue weighted by atomic mass is 10.3. The monoisotopic (exact) mass is 244 g/mol. The van der Waals surface area contributed by atoms with E-state index < -0.39 is 0 Å². The third-order valence-electron chi connectivity index (χ3n) is 2.39. The van der Waals surface area contributed by atoms with Crippen LogP contribution in [0.2, 0.25) is 10.0 Å². The van der Waals surface area contributed by atoms with E-state index in [0.29, 0.717) is 28.6 Å². The summed E-state index contributed by atoms with van der Waals surface area (Å²) in [4.78, 5) is 11.1. The molecular weight excluding hydrogens is 235 g/mol. The molecule has 1 saturated carbocycles. The molecular formula is C11H10Cl2O2. The number of ether oxygens (including phenoxy) is 1. The van der Waals surface area contributed by atoms with Gasteiger partial charge in [-0.1, -0.05) is 23.2 Å². The first kappa shape index (κ1) is 10.8. The van der Waals surface area contributed by atoms with Crippen LogP contribution in [0.5, 0.6) is 5.75 Å². The average molecular weight is 245 g/mol. The highest BCUT2D eigenvalue weighted by Crippen LogP contribution is 2.31. The van der Waals surface area contributed by atoms with Crippen molar-refractivity contribution in [2.75, 3.05) is 0 Å². The Morgan fingerprint density at radius 2 is 2.13 bits per heavy atom. The van der Waals surface area contributed by atoms with E-state index in [9.17, 15) is 4.79 Å². The topological polar surface area (TPSA) is 26.3 Å². The SMILES string of the molecule is O=C1CCC(Oc2cc(Cl)ccc2Cl)C1. The van der Waals surface area contributed by atoms with Crippen molar-refractivity contribution < 1.29 is 9.53 Å². The largest absolute Gasteiger partial charge is 0.488 e. The minimum absolute atomic E-state index is 0.0477. The van der Waals surface area contributed by atoms with Crippen LogP contribution in [-0.4, -0.2) is 11.9 Å². The Kier molecular flexibility index (Phi) is 3.17. The number of hydrogen-bond donors (Lipinski definition) is 0. The van der Waals surface area contributed by atoms with E-state index in [1.54, 1.807) is 18.2 Å². The van der Waals surface area contributed by atoms with Crippen molar-refractivity contribution in [1.82, 2.24) is 0 Å². The second kappa shape index (κ2) is 4.42. The van der Waals surface area contributed by atoms with Crippen molar-refractivity contribution in [2.45, 2.75) is 25.4 Å². The molecule has 15 heavy (non-hydrogen) atoms. The van der Waals surface area contributed by atoms with Gasteiger partial charge in [-0.05, 0) is 18.6 Å². The lowest BCUT2D eigenvalue weighted by molar-refractivity contribution is -0.117. The summed E-state index contributed by atoms with van der Waals surface area (Å²) in [5.41, 5.74) is 0. The number of rotatable bonds is 2. The standard InChI is InChI=1S/C11H10Cl2O2/c12-7-1-4-10(13)11(5-7)15-9-3-2-8(14)6-9/h1,4-5,9H,2-3,6H2. The summed E-state index contributed by atoms with van der Waals surface area (Å²) in [5.74, 6) is 0.807. The van der Waals surface area contributed by atoms with Crippen LogP contribution in [0.4, 0.5) is 0 Å². The van der Waals surface area contributed by atoms with Gasteiger partial charge in [0.2, 0.25) is 0 Å². The molecule has 1 atom stereocenters. The van der Waals surface area contributed by atoms with Gasteiger partial charge in [-0.25, -0.2) is 0 Å². The molecule has 1 fully saturated rings. The van der Waals surface area contributed by atoms with Gasteiger partial charge in [0.15, 0.2) is 0 Å². The Morgan fingerprint density at radius 3 is 2.80 bits per heavy atom. The van der Waals surface area contributed by atoms with Crippen molar-refractivity contribution in [3.05, 3.63) is 28.2 Å². The number of carbonyl (C=O) groups excluding carboxylic acids is 1. The molecule has 1 aromatic rings. The van der Waals surface area contributed by atoms with Crippen molar-refractivity contribution in [3.8, 4) is 5.75 Å². The van der Waals surface area contributed by atoms with Gasteiger partial charge in [0.25, 0.3) is 0 Å². The minimum Gasteiger partial charge on any atom is -0.488 e. The molecule has 0 N–H and O–H groups in total. The third kappa shape index (κ3) is 2.64.